The van der Waals surface area contributed by atoms with Crippen molar-refractivity contribution in [1.82, 2.24) is 10.2 Å². The van der Waals surface area contributed by atoms with Gasteiger partial charge in [0.15, 0.2) is 0 Å². The van der Waals surface area contributed by atoms with Gasteiger partial charge in [-0.25, -0.2) is 0 Å². The molecule has 0 amide bonds. The van der Waals surface area contributed by atoms with Crippen LogP contribution in [0.15, 0.2) is 0 Å². The van der Waals surface area contributed by atoms with Crippen LogP contribution in [0.25, 0.3) is 0 Å². The molecule has 0 saturated carbocycles. The van der Waals surface area contributed by atoms with Crippen molar-refractivity contribution in [2.75, 3.05) is 33.3 Å². The van der Waals surface area contributed by atoms with E-state index in [2.05, 4.69) is 24.1 Å². The molecular formula is C12H24N2O2. The highest BCUT2D eigenvalue weighted by atomic mass is 16.5. The van der Waals surface area contributed by atoms with E-state index < -0.39 is 0 Å². The summed E-state index contributed by atoms with van der Waals surface area (Å²) in [5, 5.41) is 3.40. The van der Waals surface area contributed by atoms with Gasteiger partial charge in [0.2, 0.25) is 0 Å². The standard InChI is InChI=1S/C12H24N2O2/c1-10(2)14(9-12(15)16-3)8-11-5-4-6-13-7-11/h10-11,13H,4-9H2,1-3H3. The summed E-state index contributed by atoms with van der Waals surface area (Å²) in [5.41, 5.74) is 0. The van der Waals surface area contributed by atoms with Gasteiger partial charge < -0.3 is 10.1 Å². The molecule has 4 nitrogen and oxygen atoms in total. The minimum Gasteiger partial charge on any atom is -0.468 e. The summed E-state index contributed by atoms with van der Waals surface area (Å²) >= 11 is 0. The number of methoxy groups -OCH3 is 1. The summed E-state index contributed by atoms with van der Waals surface area (Å²) in [6, 6.07) is 0.390. The predicted molar refractivity (Wildman–Crippen MR) is 64.3 cm³/mol. The van der Waals surface area contributed by atoms with Gasteiger partial charge in [-0.1, -0.05) is 0 Å². The Morgan fingerprint density at radius 3 is 2.81 bits per heavy atom. The third-order valence-corrected chi connectivity index (χ3v) is 3.18. The molecule has 1 rings (SSSR count). The summed E-state index contributed by atoms with van der Waals surface area (Å²) in [4.78, 5) is 13.5. The van der Waals surface area contributed by atoms with E-state index >= 15 is 0 Å². The zero-order valence-electron chi connectivity index (χ0n) is 10.7. The van der Waals surface area contributed by atoms with Crippen LogP contribution in [0.5, 0.6) is 0 Å². The molecule has 0 aromatic carbocycles. The average molecular weight is 228 g/mol. The zero-order valence-corrected chi connectivity index (χ0v) is 10.7. The smallest absolute Gasteiger partial charge is 0.319 e. The SMILES string of the molecule is COC(=O)CN(CC1CCCNC1)C(C)C. The summed E-state index contributed by atoms with van der Waals surface area (Å²) in [7, 11) is 1.45. The highest BCUT2D eigenvalue weighted by molar-refractivity contribution is 5.71. The van der Waals surface area contributed by atoms with Crippen LogP contribution in [0.2, 0.25) is 0 Å². The molecule has 0 aromatic rings. The Labute approximate surface area is 98.3 Å². The maximum absolute atomic E-state index is 11.3. The Balaban J connectivity index is 2.40. The lowest BCUT2D eigenvalue weighted by Gasteiger charge is -2.31. The molecule has 1 fully saturated rings. The van der Waals surface area contributed by atoms with Crippen LogP contribution in [-0.2, 0) is 9.53 Å². The van der Waals surface area contributed by atoms with E-state index in [1.807, 2.05) is 0 Å². The second-order valence-electron chi connectivity index (χ2n) is 4.81. The van der Waals surface area contributed by atoms with Crippen LogP contribution in [0.4, 0.5) is 0 Å². The molecule has 0 radical (unpaired) electrons. The number of carbonyl (C=O) groups excluding carboxylic acids is 1. The first-order valence-corrected chi connectivity index (χ1v) is 6.15. The molecule has 94 valence electrons. The first-order chi connectivity index (χ1) is 7.63. The van der Waals surface area contributed by atoms with Gasteiger partial charge in [0.1, 0.15) is 0 Å². The Hall–Kier alpha value is -0.610. The van der Waals surface area contributed by atoms with E-state index in [1.54, 1.807) is 0 Å². The topological polar surface area (TPSA) is 41.6 Å². The van der Waals surface area contributed by atoms with Crippen molar-refractivity contribution in [3.8, 4) is 0 Å². The Morgan fingerprint density at radius 2 is 2.31 bits per heavy atom. The van der Waals surface area contributed by atoms with E-state index in [0.717, 1.165) is 19.6 Å². The lowest BCUT2D eigenvalue weighted by molar-refractivity contribution is -0.142. The Bertz CT molecular complexity index is 213. The van der Waals surface area contributed by atoms with Gasteiger partial charge in [-0.15, -0.1) is 0 Å². The van der Waals surface area contributed by atoms with Crippen molar-refractivity contribution in [3.63, 3.8) is 0 Å². The molecule has 1 atom stereocenters. The van der Waals surface area contributed by atoms with Crippen molar-refractivity contribution in [3.05, 3.63) is 0 Å². The molecule has 1 aliphatic heterocycles. The van der Waals surface area contributed by atoms with Gasteiger partial charge in [0, 0.05) is 12.6 Å². The zero-order chi connectivity index (χ0) is 12.0. The number of carbonyl (C=O) groups is 1. The molecule has 1 saturated heterocycles. The number of hydrogen-bond acceptors (Lipinski definition) is 4. The highest BCUT2D eigenvalue weighted by Crippen LogP contribution is 2.13. The second kappa shape index (κ2) is 6.86. The maximum atomic E-state index is 11.3. The molecule has 0 bridgehead atoms. The van der Waals surface area contributed by atoms with Crippen LogP contribution >= 0.6 is 0 Å². The number of piperidine rings is 1. The van der Waals surface area contributed by atoms with E-state index in [1.165, 1.54) is 20.0 Å². The third-order valence-electron chi connectivity index (χ3n) is 3.18. The first-order valence-electron chi connectivity index (χ1n) is 6.15. The third kappa shape index (κ3) is 4.49. The Kier molecular flexibility index (Phi) is 5.77. The lowest BCUT2D eigenvalue weighted by atomic mass is 9.98. The predicted octanol–water partition coefficient (Wildman–Crippen LogP) is 0.869. The summed E-state index contributed by atoms with van der Waals surface area (Å²) < 4.78 is 4.72. The van der Waals surface area contributed by atoms with Gasteiger partial charge >= 0.3 is 5.97 Å². The fraction of sp³-hybridized carbons (Fsp3) is 0.917. The van der Waals surface area contributed by atoms with E-state index in [0.29, 0.717) is 18.5 Å². The van der Waals surface area contributed by atoms with E-state index in [-0.39, 0.29) is 5.97 Å². The molecule has 1 aliphatic rings. The van der Waals surface area contributed by atoms with Crippen molar-refractivity contribution < 1.29 is 9.53 Å². The number of ether oxygens (including phenoxy) is 1. The lowest BCUT2D eigenvalue weighted by Crippen LogP contribution is -2.43. The van der Waals surface area contributed by atoms with Gasteiger partial charge in [-0.05, 0) is 45.7 Å². The molecular weight excluding hydrogens is 204 g/mol. The minimum absolute atomic E-state index is 0.141. The molecule has 1 heterocycles. The number of esters is 1. The molecule has 0 aromatic heterocycles. The average Bonchev–Trinajstić information content (AvgIpc) is 2.29. The summed E-state index contributed by atoms with van der Waals surface area (Å²) in [6.07, 6.45) is 2.51. The maximum Gasteiger partial charge on any atom is 0.319 e. The number of nitrogens with zero attached hydrogens (tertiary/aromatic N) is 1. The number of hydrogen-bond donors (Lipinski definition) is 1. The summed E-state index contributed by atoms with van der Waals surface area (Å²) in [6.45, 7) is 7.85. The fourth-order valence-electron chi connectivity index (χ4n) is 2.10. The van der Waals surface area contributed by atoms with Gasteiger partial charge in [-0.2, -0.15) is 0 Å². The number of rotatable bonds is 5. The van der Waals surface area contributed by atoms with Gasteiger partial charge in [0.25, 0.3) is 0 Å². The van der Waals surface area contributed by atoms with Gasteiger partial charge in [-0.3, -0.25) is 9.69 Å². The minimum atomic E-state index is -0.141. The molecule has 1 unspecified atom stereocenters. The monoisotopic (exact) mass is 228 g/mol. The fourth-order valence-corrected chi connectivity index (χ4v) is 2.10. The van der Waals surface area contributed by atoms with Crippen LogP contribution in [0.3, 0.4) is 0 Å². The van der Waals surface area contributed by atoms with Crippen LogP contribution < -0.4 is 5.32 Å². The quantitative estimate of drug-likeness (QED) is 0.709. The Morgan fingerprint density at radius 1 is 1.56 bits per heavy atom. The largest absolute Gasteiger partial charge is 0.468 e. The van der Waals surface area contributed by atoms with Crippen molar-refractivity contribution in [2.45, 2.75) is 32.7 Å². The second-order valence-corrected chi connectivity index (χ2v) is 4.81. The first kappa shape index (κ1) is 13.5. The molecule has 0 aliphatic carbocycles. The molecule has 16 heavy (non-hydrogen) atoms. The van der Waals surface area contributed by atoms with E-state index in [9.17, 15) is 4.79 Å². The normalized spacial score (nSPS) is 21.4. The molecule has 4 heteroatoms. The number of nitrogens with one attached hydrogen (secondary N) is 1. The van der Waals surface area contributed by atoms with Crippen LogP contribution in [-0.4, -0.2) is 50.2 Å². The highest BCUT2D eigenvalue weighted by Gasteiger charge is 2.20. The van der Waals surface area contributed by atoms with Gasteiger partial charge in [0.05, 0.1) is 13.7 Å². The van der Waals surface area contributed by atoms with Crippen LogP contribution in [0, 0.1) is 5.92 Å². The van der Waals surface area contributed by atoms with E-state index in [4.69, 9.17) is 4.74 Å². The van der Waals surface area contributed by atoms with Crippen molar-refractivity contribution in [1.29, 1.82) is 0 Å². The molecule has 0 spiro atoms. The van der Waals surface area contributed by atoms with Crippen LogP contribution in [0.1, 0.15) is 26.7 Å². The summed E-state index contributed by atoms with van der Waals surface area (Å²) in [5.74, 6) is 0.526. The van der Waals surface area contributed by atoms with Crippen molar-refractivity contribution >= 4 is 5.97 Å². The van der Waals surface area contributed by atoms with Crippen molar-refractivity contribution in [2.24, 2.45) is 5.92 Å². The molecule has 1 N–H and O–H groups in total.